The Balaban J connectivity index is 2.31. The summed E-state index contributed by atoms with van der Waals surface area (Å²) in [6.45, 7) is 8.18. The van der Waals surface area contributed by atoms with E-state index in [0.29, 0.717) is 11.8 Å². The Kier molecular flexibility index (Phi) is 3.86. The second-order valence-corrected chi connectivity index (χ2v) is 7.13. The van der Waals surface area contributed by atoms with Gasteiger partial charge < -0.3 is 9.66 Å². The van der Waals surface area contributed by atoms with Crippen LogP contribution in [0.3, 0.4) is 0 Å². The third-order valence-corrected chi connectivity index (χ3v) is 4.40. The molecule has 0 spiro atoms. The van der Waals surface area contributed by atoms with Gasteiger partial charge in [0.1, 0.15) is 4.75 Å². The van der Waals surface area contributed by atoms with Gasteiger partial charge in [0.2, 0.25) is 0 Å². The van der Waals surface area contributed by atoms with Crippen LogP contribution < -0.4 is 4.72 Å². The monoisotopic (exact) mass is 219 g/mol. The summed E-state index contributed by atoms with van der Waals surface area (Å²) in [4.78, 5) is 0. The lowest BCUT2D eigenvalue weighted by atomic mass is 10.2. The molecule has 14 heavy (non-hydrogen) atoms. The summed E-state index contributed by atoms with van der Waals surface area (Å²) in [6.07, 6.45) is 1.06. The molecule has 0 saturated heterocycles. The molecule has 1 aliphatic carbocycles. The fraction of sp³-hybridized carbons (Fsp3) is 1.00. The Labute approximate surface area is 89.6 Å². The van der Waals surface area contributed by atoms with Crippen molar-refractivity contribution in [3.63, 3.8) is 0 Å². The zero-order chi connectivity index (χ0) is 10.9. The highest BCUT2D eigenvalue weighted by Crippen LogP contribution is 2.41. The van der Waals surface area contributed by atoms with Gasteiger partial charge in [-0.05, 0) is 46.0 Å². The Bertz CT molecular complexity index is 193. The van der Waals surface area contributed by atoms with Gasteiger partial charge in [0, 0.05) is 18.0 Å². The molecule has 84 valence electrons. The van der Waals surface area contributed by atoms with Crippen LogP contribution in [0.5, 0.6) is 0 Å². The minimum atomic E-state index is -0.997. The van der Waals surface area contributed by atoms with Gasteiger partial charge in [0.25, 0.3) is 0 Å². The highest BCUT2D eigenvalue weighted by Gasteiger charge is 2.43. The average molecular weight is 219 g/mol. The fourth-order valence-electron chi connectivity index (χ4n) is 1.53. The Morgan fingerprint density at radius 1 is 1.57 bits per heavy atom. The van der Waals surface area contributed by atoms with E-state index in [1.807, 2.05) is 27.7 Å². The van der Waals surface area contributed by atoms with Crippen LogP contribution in [-0.2, 0) is 11.4 Å². The molecule has 0 heterocycles. The van der Waals surface area contributed by atoms with Gasteiger partial charge in [0.15, 0.2) is 0 Å². The van der Waals surface area contributed by atoms with Crippen molar-refractivity contribution < 1.29 is 9.66 Å². The predicted octanol–water partition coefficient (Wildman–Crippen LogP) is 1.06. The van der Waals surface area contributed by atoms with Gasteiger partial charge in [0.05, 0.1) is 6.04 Å². The van der Waals surface area contributed by atoms with Crippen LogP contribution >= 0.6 is 0 Å². The number of aliphatic hydroxyl groups excluding tert-OH is 1. The van der Waals surface area contributed by atoms with Gasteiger partial charge in [-0.1, -0.05) is 0 Å². The first-order valence-electron chi connectivity index (χ1n) is 5.15. The molecule has 1 saturated carbocycles. The van der Waals surface area contributed by atoms with E-state index in [0.717, 1.165) is 6.42 Å². The molecule has 4 atom stereocenters. The molecular formula is C10H21NO2S. The van der Waals surface area contributed by atoms with Crippen molar-refractivity contribution in [2.24, 2.45) is 11.8 Å². The standard InChI is InChI=1S/C10H21NO2S/c1-7(9-5-8(9)6-12)11-14(13)10(2,3)4/h7-9,11-12H,5-6H2,1-4H3/t7-,8-,9-,14+/m0/s1. The molecule has 0 radical (unpaired) electrons. The second-order valence-electron chi connectivity index (χ2n) is 5.13. The lowest BCUT2D eigenvalue weighted by Gasteiger charge is -2.26. The number of aliphatic hydroxyl groups is 1. The largest absolute Gasteiger partial charge is 0.598 e. The first-order valence-corrected chi connectivity index (χ1v) is 6.30. The van der Waals surface area contributed by atoms with E-state index >= 15 is 0 Å². The van der Waals surface area contributed by atoms with Crippen LogP contribution in [0.1, 0.15) is 34.1 Å². The summed E-state index contributed by atoms with van der Waals surface area (Å²) in [6, 6.07) is 0.243. The number of nitrogens with one attached hydrogen (secondary N) is 1. The first kappa shape index (κ1) is 12.3. The maximum absolute atomic E-state index is 11.7. The molecule has 3 nitrogen and oxygen atoms in total. The van der Waals surface area contributed by atoms with Crippen LogP contribution in [0.15, 0.2) is 0 Å². The molecule has 0 amide bonds. The summed E-state index contributed by atoms with van der Waals surface area (Å²) >= 11 is -0.997. The zero-order valence-electron chi connectivity index (χ0n) is 9.41. The van der Waals surface area contributed by atoms with Crippen LogP contribution in [0, 0.1) is 11.8 Å². The third kappa shape index (κ3) is 3.12. The lowest BCUT2D eigenvalue weighted by Crippen LogP contribution is -2.44. The van der Waals surface area contributed by atoms with E-state index in [4.69, 9.17) is 5.11 Å². The predicted molar refractivity (Wildman–Crippen MR) is 59.2 cm³/mol. The molecule has 4 heteroatoms. The lowest BCUT2D eigenvalue weighted by molar-refractivity contribution is 0.264. The molecule has 0 bridgehead atoms. The molecule has 0 aromatic carbocycles. The number of rotatable bonds is 4. The average Bonchev–Trinajstić information content (AvgIpc) is 2.80. The van der Waals surface area contributed by atoms with E-state index in [1.54, 1.807) is 0 Å². The minimum absolute atomic E-state index is 0.210. The molecule has 0 unspecified atom stereocenters. The normalized spacial score (nSPS) is 31.3. The van der Waals surface area contributed by atoms with E-state index in [1.165, 1.54) is 0 Å². The topological polar surface area (TPSA) is 55.3 Å². The molecule has 1 aliphatic rings. The summed E-state index contributed by atoms with van der Waals surface area (Å²) in [5, 5.41) is 8.92. The Morgan fingerprint density at radius 3 is 2.50 bits per heavy atom. The molecule has 0 aromatic rings. The molecule has 2 N–H and O–H groups in total. The van der Waals surface area contributed by atoms with Gasteiger partial charge in [-0.2, -0.15) is 0 Å². The third-order valence-electron chi connectivity index (χ3n) is 2.70. The van der Waals surface area contributed by atoms with E-state index in [2.05, 4.69) is 4.72 Å². The second kappa shape index (κ2) is 4.39. The fourth-order valence-corrected chi connectivity index (χ4v) is 2.39. The SMILES string of the molecule is C[C@H](N[S@+]([O-])C(C)(C)C)[C@@H]1C[C@H]1CO. The summed E-state index contributed by atoms with van der Waals surface area (Å²) in [5.74, 6) is 0.931. The van der Waals surface area contributed by atoms with Crippen molar-refractivity contribution in [3.05, 3.63) is 0 Å². The highest BCUT2D eigenvalue weighted by molar-refractivity contribution is 7.90. The van der Waals surface area contributed by atoms with E-state index in [9.17, 15) is 4.55 Å². The van der Waals surface area contributed by atoms with Crippen LogP contribution in [-0.4, -0.2) is 27.1 Å². The van der Waals surface area contributed by atoms with Crippen LogP contribution in [0.4, 0.5) is 0 Å². The van der Waals surface area contributed by atoms with Crippen molar-refractivity contribution in [3.8, 4) is 0 Å². The first-order chi connectivity index (χ1) is 6.36. The van der Waals surface area contributed by atoms with Gasteiger partial charge >= 0.3 is 0 Å². The summed E-state index contributed by atoms with van der Waals surface area (Å²) in [7, 11) is 0. The maximum Gasteiger partial charge on any atom is 0.136 e. The van der Waals surface area contributed by atoms with Crippen molar-refractivity contribution in [1.82, 2.24) is 4.72 Å². The number of hydrogen-bond acceptors (Lipinski definition) is 3. The Hall–Kier alpha value is 0.230. The van der Waals surface area contributed by atoms with E-state index in [-0.39, 0.29) is 17.4 Å². The number of hydrogen-bond donors (Lipinski definition) is 2. The van der Waals surface area contributed by atoms with Crippen molar-refractivity contribution in [2.45, 2.75) is 44.9 Å². The van der Waals surface area contributed by atoms with Crippen LogP contribution in [0.25, 0.3) is 0 Å². The minimum Gasteiger partial charge on any atom is -0.598 e. The quantitative estimate of drug-likeness (QED) is 0.695. The van der Waals surface area contributed by atoms with Gasteiger partial charge in [-0.25, -0.2) is 0 Å². The van der Waals surface area contributed by atoms with Crippen LogP contribution in [0.2, 0.25) is 0 Å². The molecule has 1 fully saturated rings. The highest BCUT2D eigenvalue weighted by atomic mass is 32.2. The maximum atomic E-state index is 11.7. The molecule has 0 aromatic heterocycles. The van der Waals surface area contributed by atoms with Gasteiger partial charge in [-0.3, -0.25) is 0 Å². The molecule has 0 aliphatic heterocycles. The smallest absolute Gasteiger partial charge is 0.136 e. The summed E-state index contributed by atoms with van der Waals surface area (Å²) < 4.78 is 14.6. The van der Waals surface area contributed by atoms with E-state index < -0.39 is 11.4 Å². The Morgan fingerprint density at radius 2 is 2.14 bits per heavy atom. The van der Waals surface area contributed by atoms with Crippen molar-refractivity contribution >= 4 is 11.4 Å². The molecule has 1 rings (SSSR count). The summed E-state index contributed by atoms with van der Waals surface area (Å²) in [5.41, 5.74) is 0. The van der Waals surface area contributed by atoms with Crippen molar-refractivity contribution in [2.75, 3.05) is 6.61 Å². The van der Waals surface area contributed by atoms with Gasteiger partial charge in [-0.15, -0.1) is 4.72 Å². The van der Waals surface area contributed by atoms with Crippen molar-refractivity contribution in [1.29, 1.82) is 0 Å². The molecular weight excluding hydrogens is 198 g/mol. The zero-order valence-corrected chi connectivity index (χ0v) is 10.2.